The second kappa shape index (κ2) is 10.5. The largest absolute Gasteiger partial charge is 0.378 e. The van der Waals surface area contributed by atoms with Crippen molar-refractivity contribution in [3.63, 3.8) is 0 Å². The molecule has 2 heterocycles. The van der Waals surface area contributed by atoms with Crippen LogP contribution >= 0.6 is 11.8 Å². The maximum absolute atomic E-state index is 11.6. The quantitative estimate of drug-likeness (QED) is 0.381. The second-order valence-corrected chi connectivity index (χ2v) is 8.79. The summed E-state index contributed by atoms with van der Waals surface area (Å²) in [4.78, 5) is 24.1. The van der Waals surface area contributed by atoms with Gasteiger partial charge in [0.1, 0.15) is 5.03 Å². The van der Waals surface area contributed by atoms with Crippen LogP contribution in [0.4, 0.5) is 23.0 Å². The minimum Gasteiger partial charge on any atom is -0.378 e. The summed E-state index contributed by atoms with van der Waals surface area (Å²) >= 11 is 1.57. The molecule has 1 saturated heterocycles. The van der Waals surface area contributed by atoms with Crippen LogP contribution in [0.5, 0.6) is 0 Å². The highest BCUT2D eigenvalue weighted by atomic mass is 32.2. The first kappa shape index (κ1) is 22.8. The number of aryl methyl sites for hydroxylation is 2. The molecule has 0 saturated carbocycles. The van der Waals surface area contributed by atoms with Gasteiger partial charge in [0, 0.05) is 46.8 Å². The molecule has 8 heteroatoms. The molecule has 0 atom stereocenters. The predicted octanol–water partition coefficient (Wildman–Crippen LogP) is 4.95. The molecule has 0 radical (unpaired) electrons. The molecule has 1 aliphatic heterocycles. The average Bonchev–Trinajstić information content (AvgIpc) is 2.84. The Kier molecular flexibility index (Phi) is 7.26. The molecule has 170 valence electrons. The van der Waals surface area contributed by atoms with Crippen molar-refractivity contribution in [1.29, 1.82) is 0 Å². The number of benzene rings is 2. The number of nitrogens with zero attached hydrogens (tertiary/aromatic N) is 3. The Balaban J connectivity index is 1.45. The van der Waals surface area contributed by atoms with Gasteiger partial charge in [0.25, 0.3) is 0 Å². The van der Waals surface area contributed by atoms with Crippen molar-refractivity contribution >= 4 is 40.7 Å². The van der Waals surface area contributed by atoms with Crippen LogP contribution in [0.2, 0.25) is 0 Å². The summed E-state index contributed by atoms with van der Waals surface area (Å²) < 4.78 is 5.43. The van der Waals surface area contributed by atoms with Crippen LogP contribution in [-0.4, -0.2) is 42.2 Å². The number of aromatic nitrogens is 2. The van der Waals surface area contributed by atoms with E-state index >= 15 is 0 Å². The number of anilines is 4. The smallest absolute Gasteiger partial charge is 0.247 e. The highest BCUT2D eigenvalue weighted by molar-refractivity contribution is 7.99. The van der Waals surface area contributed by atoms with Crippen molar-refractivity contribution in [1.82, 2.24) is 9.97 Å². The monoisotopic (exact) mass is 461 g/mol. The number of ether oxygens (including phenoxy) is 1. The third-order valence-corrected chi connectivity index (χ3v) is 6.38. The van der Waals surface area contributed by atoms with Crippen molar-refractivity contribution in [2.75, 3.05) is 41.8 Å². The summed E-state index contributed by atoms with van der Waals surface area (Å²) in [6.45, 7) is 10.8. The minimum atomic E-state index is -0.223. The van der Waals surface area contributed by atoms with E-state index in [0.717, 1.165) is 58.7 Å². The van der Waals surface area contributed by atoms with E-state index in [1.807, 2.05) is 50.4 Å². The van der Waals surface area contributed by atoms with E-state index in [9.17, 15) is 4.79 Å². The fourth-order valence-electron chi connectivity index (χ4n) is 3.43. The standard InChI is InChI=1S/C25H27N5O2S/c1-4-23(31)28-22-10-9-21(15-17(22)2)33-24-18(3)16-26-25(29-24)27-19-5-7-20(8-6-19)30-11-13-32-14-12-30/h4-10,15-16H,1,11-14H2,2-3H3,(H,28,31)(H,26,27,29). The van der Waals surface area contributed by atoms with Crippen LogP contribution < -0.4 is 15.5 Å². The summed E-state index contributed by atoms with van der Waals surface area (Å²) in [7, 11) is 0. The summed E-state index contributed by atoms with van der Waals surface area (Å²) in [6.07, 6.45) is 3.09. The number of hydrogen-bond donors (Lipinski definition) is 2. The molecule has 0 aliphatic carbocycles. The first-order chi connectivity index (χ1) is 16.0. The Morgan fingerprint density at radius 3 is 2.58 bits per heavy atom. The molecule has 1 aromatic heterocycles. The maximum Gasteiger partial charge on any atom is 0.247 e. The summed E-state index contributed by atoms with van der Waals surface area (Å²) in [5, 5.41) is 6.99. The lowest BCUT2D eigenvalue weighted by Crippen LogP contribution is -2.36. The average molecular weight is 462 g/mol. The lowest BCUT2D eigenvalue weighted by molar-refractivity contribution is -0.111. The minimum absolute atomic E-state index is 0.223. The van der Waals surface area contributed by atoms with Crippen LogP contribution in [0.15, 0.2) is 71.2 Å². The molecule has 2 N–H and O–H groups in total. The molecule has 1 aliphatic rings. The van der Waals surface area contributed by atoms with Gasteiger partial charge in [0.05, 0.1) is 13.2 Å². The molecule has 0 unspecified atom stereocenters. The number of morpholine rings is 1. The Bertz CT molecular complexity index is 1140. The molecular weight excluding hydrogens is 434 g/mol. The van der Waals surface area contributed by atoms with Gasteiger partial charge in [-0.05, 0) is 68.0 Å². The normalized spacial score (nSPS) is 13.5. The topological polar surface area (TPSA) is 79.4 Å². The van der Waals surface area contributed by atoms with Gasteiger partial charge in [-0.15, -0.1) is 0 Å². The molecular formula is C25H27N5O2S. The molecule has 1 fully saturated rings. The van der Waals surface area contributed by atoms with E-state index in [1.54, 1.807) is 11.8 Å². The summed E-state index contributed by atoms with van der Waals surface area (Å²) in [5.74, 6) is 0.327. The number of rotatable bonds is 7. The van der Waals surface area contributed by atoms with Gasteiger partial charge in [-0.3, -0.25) is 4.79 Å². The van der Waals surface area contributed by atoms with Gasteiger partial charge in [0.15, 0.2) is 0 Å². The van der Waals surface area contributed by atoms with Gasteiger partial charge in [-0.25, -0.2) is 9.97 Å². The first-order valence-corrected chi connectivity index (χ1v) is 11.6. The van der Waals surface area contributed by atoms with E-state index in [2.05, 4.69) is 39.2 Å². The number of carbonyl (C=O) groups is 1. The van der Waals surface area contributed by atoms with Crippen molar-refractivity contribution < 1.29 is 9.53 Å². The van der Waals surface area contributed by atoms with Crippen LogP contribution in [-0.2, 0) is 9.53 Å². The molecule has 0 bridgehead atoms. The zero-order valence-electron chi connectivity index (χ0n) is 18.8. The molecule has 4 rings (SSSR count). The fourth-order valence-corrected chi connectivity index (χ4v) is 4.37. The molecule has 0 spiro atoms. The first-order valence-electron chi connectivity index (χ1n) is 10.8. The van der Waals surface area contributed by atoms with E-state index in [1.165, 1.54) is 11.8 Å². The number of hydrogen-bond acceptors (Lipinski definition) is 7. The van der Waals surface area contributed by atoms with Crippen LogP contribution in [0.1, 0.15) is 11.1 Å². The van der Waals surface area contributed by atoms with Crippen molar-refractivity contribution in [3.8, 4) is 0 Å². The van der Waals surface area contributed by atoms with Gasteiger partial charge >= 0.3 is 0 Å². The molecule has 3 aromatic rings. The number of carbonyl (C=O) groups excluding carboxylic acids is 1. The Hall–Kier alpha value is -3.36. The van der Waals surface area contributed by atoms with Gasteiger partial charge in [-0.1, -0.05) is 18.3 Å². The van der Waals surface area contributed by atoms with E-state index in [-0.39, 0.29) is 5.91 Å². The highest BCUT2D eigenvalue weighted by Gasteiger charge is 2.12. The lowest BCUT2D eigenvalue weighted by Gasteiger charge is -2.28. The Labute approximate surface area is 198 Å². The van der Waals surface area contributed by atoms with Crippen molar-refractivity contribution in [3.05, 3.63) is 72.4 Å². The fraction of sp³-hybridized carbons (Fsp3) is 0.240. The molecule has 7 nitrogen and oxygen atoms in total. The van der Waals surface area contributed by atoms with Crippen molar-refractivity contribution in [2.24, 2.45) is 0 Å². The predicted molar refractivity (Wildman–Crippen MR) is 134 cm³/mol. The SMILES string of the molecule is C=CC(=O)Nc1ccc(Sc2nc(Nc3ccc(N4CCOCC4)cc3)ncc2C)cc1C. The van der Waals surface area contributed by atoms with Gasteiger partial charge in [-0.2, -0.15) is 0 Å². The van der Waals surface area contributed by atoms with Crippen LogP contribution in [0, 0.1) is 13.8 Å². The maximum atomic E-state index is 11.6. The Morgan fingerprint density at radius 1 is 1.12 bits per heavy atom. The van der Waals surface area contributed by atoms with E-state index in [4.69, 9.17) is 9.72 Å². The Morgan fingerprint density at radius 2 is 1.88 bits per heavy atom. The zero-order chi connectivity index (χ0) is 23.2. The highest BCUT2D eigenvalue weighted by Crippen LogP contribution is 2.32. The molecule has 1 amide bonds. The van der Waals surface area contributed by atoms with Crippen LogP contribution in [0.3, 0.4) is 0 Å². The van der Waals surface area contributed by atoms with Gasteiger partial charge in [0.2, 0.25) is 11.9 Å². The third kappa shape index (κ3) is 5.91. The number of amides is 1. The zero-order valence-corrected chi connectivity index (χ0v) is 19.6. The summed E-state index contributed by atoms with van der Waals surface area (Å²) in [5.41, 5.74) is 4.86. The summed E-state index contributed by atoms with van der Waals surface area (Å²) in [6, 6.07) is 14.2. The molecule has 33 heavy (non-hydrogen) atoms. The van der Waals surface area contributed by atoms with Crippen molar-refractivity contribution in [2.45, 2.75) is 23.8 Å². The second-order valence-electron chi connectivity index (χ2n) is 7.73. The number of nitrogens with one attached hydrogen (secondary N) is 2. The lowest BCUT2D eigenvalue weighted by atomic mass is 10.2. The van der Waals surface area contributed by atoms with E-state index < -0.39 is 0 Å². The molecule has 2 aromatic carbocycles. The van der Waals surface area contributed by atoms with Gasteiger partial charge < -0.3 is 20.3 Å². The van der Waals surface area contributed by atoms with E-state index in [0.29, 0.717) is 5.95 Å². The third-order valence-electron chi connectivity index (χ3n) is 5.28. The van der Waals surface area contributed by atoms with Crippen LogP contribution in [0.25, 0.3) is 0 Å².